The zero-order chi connectivity index (χ0) is 11.6. The maximum atomic E-state index is 10.8. The highest BCUT2D eigenvalue weighted by molar-refractivity contribution is 5.14. The fourth-order valence-corrected chi connectivity index (χ4v) is 3.50. The summed E-state index contributed by atoms with van der Waals surface area (Å²) < 4.78 is 0. The third kappa shape index (κ3) is 1.85. The van der Waals surface area contributed by atoms with Crippen molar-refractivity contribution >= 4 is 0 Å². The van der Waals surface area contributed by atoms with E-state index in [9.17, 15) is 10.4 Å². The molecule has 0 aromatic heterocycles. The minimum atomic E-state index is -0.748. The molecule has 0 amide bonds. The van der Waals surface area contributed by atoms with Crippen LogP contribution in [-0.2, 0) is 0 Å². The van der Waals surface area contributed by atoms with E-state index in [0.717, 1.165) is 45.2 Å². The molecule has 1 saturated carbocycles. The third-order valence-electron chi connectivity index (χ3n) is 4.53. The fraction of sp³-hybridized carbons (Fsp3) is 0.923. The standard InChI is InChI=1S/C13H22N2O/c1-11-3-2-4-12(9-11,10-14)13(16)5-7-15-8-6-13/h11,15-16H,2-9H2,1H3. The summed E-state index contributed by atoms with van der Waals surface area (Å²) in [6, 6.07) is 2.48. The minimum Gasteiger partial charge on any atom is -0.388 e. The van der Waals surface area contributed by atoms with Crippen LogP contribution in [0.3, 0.4) is 0 Å². The Kier molecular flexibility index (Phi) is 3.23. The summed E-state index contributed by atoms with van der Waals surface area (Å²) >= 11 is 0. The Balaban J connectivity index is 2.22. The predicted octanol–water partition coefficient (Wildman–Crippen LogP) is 1.82. The first-order chi connectivity index (χ1) is 7.62. The second-order valence-electron chi connectivity index (χ2n) is 5.68. The van der Waals surface area contributed by atoms with E-state index in [1.807, 2.05) is 0 Å². The van der Waals surface area contributed by atoms with Crippen molar-refractivity contribution in [2.45, 2.75) is 51.0 Å². The highest BCUT2D eigenvalue weighted by Gasteiger charge is 2.52. The number of nitriles is 1. The summed E-state index contributed by atoms with van der Waals surface area (Å²) in [4.78, 5) is 0. The van der Waals surface area contributed by atoms with E-state index in [1.54, 1.807) is 0 Å². The van der Waals surface area contributed by atoms with Gasteiger partial charge in [0.15, 0.2) is 0 Å². The molecule has 2 rings (SSSR count). The van der Waals surface area contributed by atoms with Gasteiger partial charge in [0, 0.05) is 0 Å². The lowest BCUT2D eigenvalue weighted by Crippen LogP contribution is -2.55. The molecule has 2 aliphatic rings. The highest BCUT2D eigenvalue weighted by atomic mass is 16.3. The Morgan fingerprint density at radius 2 is 2.00 bits per heavy atom. The molecule has 1 saturated heterocycles. The molecule has 0 radical (unpaired) electrons. The molecule has 2 unspecified atom stereocenters. The highest BCUT2D eigenvalue weighted by Crippen LogP contribution is 2.49. The van der Waals surface area contributed by atoms with Gasteiger partial charge in [0.1, 0.15) is 0 Å². The molecule has 90 valence electrons. The van der Waals surface area contributed by atoms with Crippen LogP contribution in [0.1, 0.15) is 45.4 Å². The smallest absolute Gasteiger partial charge is 0.0863 e. The Hall–Kier alpha value is -0.590. The van der Waals surface area contributed by atoms with Crippen LogP contribution in [0.15, 0.2) is 0 Å². The van der Waals surface area contributed by atoms with E-state index in [2.05, 4.69) is 18.3 Å². The van der Waals surface area contributed by atoms with Crippen LogP contribution in [0, 0.1) is 22.7 Å². The van der Waals surface area contributed by atoms with E-state index in [4.69, 9.17) is 0 Å². The Labute approximate surface area is 97.8 Å². The lowest BCUT2D eigenvalue weighted by Gasteiger charge is -2.48. The number of nitrogens with zero attached hydrogens (tertiary/aromatic N) is 1. The molecule has 2 atom stereocenters. The van der Waals surface area contributed by atoms with Crippen molar-refractivity contribution in [3.05, 3.63) is 0 Å². The first-order valence-electron chi connectivity index (χ1n) is 6.46. The van der Waals surface area contributed by atoms with E-state index in [-0.39, 0.29) is 0 Å². The van der Waals surface area contributed by atoms with Gasteiger partial charge in [-0.05, 0) is 44.7 Å². The zero-order valence-electron chi connectivity index (χ0n) is 10.1. The largest absolute Gasteiger partial charge is 0.388 e. The normalized spacial score (nSPS) is 38.9. The van der Waals surface area contributed by atoms with E-state index >= 15 is 0 Å². The first kappa shape index (κ1) is 11.9. The Morgan fingerprint density at radius 1 is 1.31 bits per heavy atom. The Morgan fingerprint density at radius 3 is 2.56 bits per heavy atom. The summed E-state index contributed by atoms with van der Waals surface area (Å²) in [5, 5.41) is 23.6. The van der Waals surface area contributed by atoms with Crippen LogP contribution < -0.4 is 5.32 Å². The second-order valence-corrected chi connectivity index (χ2v) is 5.68. The van der Waals surface area contributed by atoms with Gasteiger partial charge in [-0.1, -0.05) is 19.8 Å². The SMILES string of the molecule is CC1CCCC(C#N)(C2(O)CCNCC2)C1. The van der Waals surface area contributed by atoms with Crippen LogP contribution >= 0.6 is 0 Å². The number of aliphatic hydroxyl groups is 1. The maximum Gasteiger partial charge on any atom is 0.0863 e. The number of nitrogens with one attached hydrogen (secondary N) is 1. The fourth-order valence-electron chi connectivity index (χ4n) is 3.50. The quantitative estimate of drug-likeness (QED) is 0.711. The average Bonchev–Trinajstić information content (AvgIpc) is 2.29. The topological polar surface area (TPSA) is 56.0 Å². The van der Waals surface area contributed by atoms with Crippen molar-refractivity contribution < 1.29 is 5.11 Å². The van der Waals surface area contributed by atoms with Crippen LogP contribution in [0.2, 0.25) is 0 Å². The van der Waals surface area contributed by atoms with Crippen LogP contribution in [-0.4, -0.2) is 23.8 Å². The van der Waals surface area contributed by atoms with Crippen molar-refractivity contribution in [3.8, 4) is 6.07 Å². The molecule has 2 N–H and O–H groups in total. The Bertz CT molecular complexity index is 291. The molecular formula is C13H22N2O. The third-order valence-corrected chi connectivity index (χ3v) is 4.53. The lowest BCUT2D eigenvalue weighted by molar-refractivity contribution is -0.0992. The summed E-state index contributed by atoms with van der Waals surface area (Å²) in [5.74, 6) is 0.576. The van der Waals surface area contributed by atoms with Gasteiger partial charge in [0.25, 0.3) is 0 Å². The zero-order valence-corrected chi connectivity index (χ0v) is 10.1. The minimum absolute atomic E-state index is 0.479. The molecule has 3 heteroatoms. The van der Waals surface area contributed by atoms with Gasteiger partial charge in [-0.2, -0.15) is 5.26 Å². The molecule has 1 heterocycles. The van der Waals surface area contributed by atoms with Crippen LogP contribution in [0.25, 0.3) is 0 Å². The summed E-state index contributed by atoms with van der Waals surface area (Å²) in [5.41, 5.74) is -1.23. The van der Waals surface area contributed by atoms with E-state index < -0.39 is 11.0 Å². The van der Waals surface area contributed by atoms with Crippen molar-refractivity contribution in [1.29, 1.82) is 5.26 Å². The number of rotatable bonds is 1. The van der Waals surface area contributed by atoms with Gasteiger partial charge in [-0.3, -0.25) is 0 Å². The van der Waals surface area contributed by atoms with Gasteiger partial charge >= 0.3 is 0 Å². The molecule has 0 aromatic carbocycles. The molecule has 3 nitrogen and oxygen atoms in total. The molecular weight excluding hydrogens is 200 g/mol. The predicted molar refractivity (Wildman–Crippen MR) is 62.7 cm³/mol. The number of piperidine rings is 1. The van der Waals surface area contributed by atoms with Gasteiger partial charge in [-0.25, -0.2) is 0 Å². The lowest BCUT2D eigenvalue weighted by atomic mass is 9.59. The van der Waals surface area contributed by atoms with Crippen molar-refractivity contribution in [3.63, 3.8) is 0 Å². The van der Waals surface area contributed by atoms with Crippen molar-refractivity contribution in [2.24, 2.45) is 11.3 Å². The van der Waals surface area contributed by atoms with Gasteiger partial charge in [0.2, 0.25) is 0 Å². The van der Waals surface area contributed by atoms with Gasteiger partial charge in [-0.15, -0.1) is 0 Å². The molecule has 0 aromatic rings. The molecule has 16 heavy (non-hydrogen) atoms. The summed E-state index contributed by atoms with van der Waals surface area (Å²) in [6.07, 6.45) is 5.51. The van der Waals surface area contributed by atoms with Crippen LogP contribution in [0.5, 0.6) is 0 Å². The molecule has 0 spiro atoms. The maximum absolute atomic E-state index is 10.8. The van der Waals surface area contributed by atoms with Gasteiger partial charge < -0.3 is 10.4 Å². The monoisotopic (exact) mass is 222 g/mol. The second kappa shape index (κ2) is 4.35. The number of hydrogen-bond acceptors (Lipinski definition) is 3. The first-order valence-corrected chi connectivity index (χ1v) is 6.46. The van der Waals surface area contributed by atoms with E-state index in [1.165, 1.54) is 6.42 Å². The van der Waals surface area contributed by atoms with Crippen LogP contribution in [0.4, 0.5) is 0 Å². The molecule has 2 fully saturated rings. The molecule has 1 aliphatic carbocycles. The number of hydrogen-bond donors (Lipinski definition) is 2. The molecule has 1 aliphatic heterocycles. The average molecular weight is 222 g/mol. The van der Waals surface area contributed by atoms with Gasteiger partial charge in [0.05, 0.1) is 17.1 Å². The summed E-state index contributed by atoms with van der Waals surface area (Å²) in [6.45, 7) is 3.89. The summed E-state index contributed by atoms with van der Waals surface area (Å²) in [7, 11) is 0. The van der Waals surface area contributed by atoms with Crippen molar-refractivity contribution in [2.75, 3.05) is 13.1 Å². The van der Waals surface area contributed by atoms with Crippen molar-refractivity contribution in [1.82, 2.24) is 5.32 Å². The molecule has 0 bridgehead atoms. The van der Waals surface area contributed by atoms with E-state index in [0.29, 0.717) is 5.92 Å².